The smallest absolute Gasteiger partial charge is 0.326 e. The van der Waals surface area contributed by atoms with Crippen LogP contribution in [0.2, 0.25) is 0 Å². The van der Waals surface area contributed by atoms with Crippen molar-refractivity contribution in [3.05, 3.63) is 83.4 Å². The van der Waals surface area contributed by atoms with E-state index < -0.39 is 18.0 Å². The summed E-state index contributed by atoms with van der Waals surface area (Å²) in [6, 6.07) is 20.0. The van der Waals surface area contributed by atoms with Crippen molar-refractivity contribution >= 4 is 29.3 Å². The Kier molecular flexibility index (Phi) is 6.51. The Morgan fingerprint density at radius 2 is 1.51 bits per heavy atom. The molecular formula is C27H24N4O4. The van der Waals surface area contributed by atoms with Gasteiger partial charge in [-0.05, 0) is 65.1 Å². The lowest BCUT2D eigenvalue weighted by Crippen LogP contribution is -2.44. The minimum absolute atomic E-state index is 0.209. The molecule has 8 nitrogen and oxygen atoms in total. The Balaban J connectivity index is 1.45. The molecule has 3 aromatic rings. The molecule has 0 unspecified atom stereocenters. The predicted octanol–water partition coefficient (Wildman–Crippen LogP) is 4.93. The van der Waals surface area contributed by atoms with Crippen LogP contribution in [0, 0.1) is 17.2 Å². The van der Waals surface area contributed by atoms with Gasteiger partial charge in [-0.2, -0.15) is 5.26 Å². The van der Waals surface area contributed by atoms with E-state index in [0.29, 0.717) is 22.5 Å². The Labute approximate surface area is 202 Å². The van der Waals surface area contributed by atoms with E-state index >= 15 is 0 Å². The van der Waals surface area contributed by atoms with E-state index in [2.05, 4.69) is 10.6 Å². The van der Waals surface area contributed by atoms with E-state index in [9.17, 15) is 19.5 Å². The van der Waals surface area contributed by atoms with Gasteiger partial charge in [0, 0.05) is 23.5 Å². The number of carboxylic acids is 1. The molecule has 0 fully saturated rings. The summed E-state index contributed by atoms with van der Waals surface area (Å²) in [6.07, 6.45) is 0. The van der Waals surface area contributed by atoms with Crippen molar-refractivity contribution in [2.75, 3.05) is 10.6 Å². The van der Waals surface area contributed by atoms with Gasteiger partial charge in [-0.15, -0.1) is 0 Å². The summed E-state index contributed by atoms with van der Waals surface area (Å²) >= 11 is 0. The van der Waals surface area contributed by atoms with Crippen LogP contribution < -0.4 is 10.6 Å². The lowest BCUT2D eigenvalue weighted by atomic mass is 10.00. The Morgan fingerprint density at radius 1 is 0.943 bits per heavy atom. The molecule has 0 saturated carbocycles. The van der Waals surface area contributed by atoms with Crippen LogP contribution in [-0.4, -0.2) is 34.0 Å². The van der Waals surface area contributed by atoms with E-state index in [1.165, 1.54) is 4.90 Å². The van der Waals surface area contributed by atoms with Gasteiger partial charge < -0.3 is 20.6 Å². The molecule has 0 bridgehead atoms. The number of carboxylic acid groups (broad SMARTS) is 1. The molecule has 8 heteroatoms. The summed E-state index contributed by atoms with van der Waals surface area (Å²) in [7, 11) is 0. The molecule has 1 heterocycles. The normalized spacial score (nSPS) is 13.2. The van der Waals surface area contributed by atoms with Crippen LogP contribution in [0.4, 0.5) is 16.2 Å². The molecule has 1 atom stereocenters. The molecule has 0 aliphatic carbocycles. The van der Waals surface area contributed by atoms with E-state index in [1.54, 1.807) is 56.3 Å². The molecular weight excluding hydrogens is 444 g/mol. The quantitative estimate of drug-likeness (QED) is 0.473. The number of rotatable bonds is 6. The molecule has 0 aromatic heterocycles. The van der Waals surface area contributed by atoms with Crippen LogP contribution in [0.3, 0.4) is 0 Å². The first-order valence-corrected chi connectivity index (χ1v) is 11.1. The minimum Gasteiger partial charge on any atom is -0.480 e. The third-order valence-electron chi connectivity index (χ3n) is 5.91. The highest BCUT2D eigenvalue weighted by Gasteiger charge is 2.38. The van der Waals surface area contributed by atoms with E-state index in [-0.39, 0.29) is 18.4 Å². The van der Waals surface area contributed by atoms with Crippen molar-refractivity contribution in [2.24, 2.45) is 5.92 Å². The van der Waals surface area contributed by atoms with Crippen LogP contribution in [0.15, 0.2) is 66.7 Å². The Bertz CT molecular complexity index is 1320. The number of anilines is 2. The molecule has 0 saturated heterocycles. The predicted molar refractivity (Wildman–Crippen MR) is 132 cm³/mol. The van der Waals surface area contributed by atoms with Crippen LogP contribution in [-0.2, 0) is 11.3 Å². The van der Waals surface area contributed by atoms with Crippen molar-refractivity contribution in [3.63, 3.8) is 0 Å². The zero-order valence-electron chi connectivity index (χ0n) is 19.3. The fraction of sp³-hybridized carbons (Fsp3) is 0.185. The van der Waals surface area contributed by atoms with Crippen LogP contribution in [0.25, 0.3) is 11.1 Å². The second-order valence-corrected chi connectivity index (χ2v) is 8.68. The number of fused-ring (bicyclic) bond motifs is 1. The van der Waals surface area contributed by atoms with Gasteiger partial charge in [0.15, 0.2) is 0 Å². The van der Waals surface area contributed by atoms with Crippen molar-refractivity contribution in [2.45, 2.75) is 26.4 Å². The second kappa shape index (κ2) is 9.69. The fourth-order valence-electron chi connectivity index (χ4n) is 4.17. The van der Waals surface area contributed by atoms with E-state index in [4.69, 9.17) is 5.26 Å². The summed E-state index contributed by atoms with van der Waals surface area (Å²) in [5.41, 5.74) is 4.66. The first kappa shape index (κ1) is 23.5. The monoisotopic (exact) mass is 468 g/mol. The zero-order chi connectivity index (χ0) is 25.1. The molecule has 4 rings (SSSR count). The largest absolute Gasteiger partial charge is 0.480 e. The van der Waals surface area contributed by atoms with Crippen molar-refractivity contribution in [1.82, 2.24) is 4.90 Å². The van der Waals surface area contributed by atoms with Gasteiger partial charge in [-0.1, -0.05) is 38.1 Å². The molecule has 3 N–H and O–H groups in total. The Morgan fingerprint density at radius 3 is 2.06 bits per heavy atom. The van der Waals surface area contributed by atoms with Crippen LogP contribution in [0.5, 0.6) is 0 Å². The number of urea groups is 1. The van der Waals surface area contributed by atoms with E-state index in [1.807, 2.05) is 30.3 Å². The summed E-state index contributed by atoms with van der Waals surface area (Å²) in [5, 5.41) is 23.9. The number of aliphatic carboxylic acids is 1. The molecule has 176 valence electrons. The number of carbonyl (C=O) groups is 3. The van der Waals surface area contributed by atoms with Gasteiger partial charge >= 0.3 is 12.0 Å². The lowest BCUT2D eigenvalue weighted by molar-refractivity contribution is -0.144. The molecule has 1 aliphatic rings. The highest BCUT2D eigenvalue weighted by molar-refractivity contribution is 6.02. The van der Waals surface area contributed by atoms with Gasteiger partial charge in [-0.3, -0.25) is 4.79 Å². The standard InChI is InChI=1S/C27H24N4O4/c1-16(2)24(26(33)34)31-15-20-6-5-19(13-23(20)25(31)32)18-7-11-22(12-8-18)30-27(35)29-21-9-3-17(14-28)4-10-21/h3-13,16,24H,15H2,1-2H3,(H,33,34)(H2,29,30,35)/t24-/m0/s1. The maximum absolute atomic E-state index is 13.0. The van der Waals surface area contributed by atoms with Crippen molar-refractivity contribution < 1.29 is 19.5 Å². The van der Waals surface area contributed by atoms with Gasteiger partial charge in [0.1, 0.15) is 6.04 Å². The average molecular weight is 469 g/mol. The first-order valence-electron chi connectivity index (χ1n) is 11.1. The third-order valence-corrected chi connectivity index (χ3v) is 5.91. The summed E-state index contributed by atoms with van der Waals surface area (Å²) in [6.45, 7) is 3.86. The van der Waals surface area contributed by atoms with Crippen LogP contribution in [0.1, 0.15) is 35.3 Å². The number of nitrogens with zero attached hydrogens (tertiary/aromatic N) is 2. The van der Waals surface area contributed by atoms with Gasteiger partial charge in [0.05, 0.1) is 11.6 Å². The SMILES string of the molecule is CC(C)[C@@H](C(=O)O)N1Cc2ccc(-c3ccc(NC(=O)Nc4ccc(C#N)cc4)cc3)cc2C1=O. The van der Waals surface area contributed by atoms with Gasteiger partial charge in [0.25, 0.3) is 5.91 Å². The minimum atomic E-state index is -1.01. The number of hydrogen-bond acceptors (Lipinski definition) is 4. The van der Waals surface area contributed by atoms with Crippen molar-refractivity contribution in [3.8, 4) is 17.2 Å². The highest BCUT2D eigenvalue weighted by Crippen LogP contribution is 2.31. The first-order chi connectivity index (χ1) is 16.8. The van der Waals surface area contributed by atoms with Crippen LogP contribution >= 0.6 is 0 Å². The second-order valence-electron chi connectivity index (χ2n) is 8.68. The summed E-state index contributed by atoms with van der Waals surface area (Å²) in [5.74, 6) is -1.49. The maximum atomic E-state index is 13.0. The lowest BCUT2D eigenvalue weighted by Gasteiger charge is -2.27. The van der Waals surface area contributed by atoms with E-state index in [0.717, 1.165) is 16.7 Å². The average Bonchev–Trinajstić information content (AvgIpc) is 3.15. The highest BCUT2D eigenvalue weighted by atomic mass is 16.4. The zero-order valence-corrected chi connectivity index (χ0v) is 19.3. The number of carbonyl (C=O) groups excluding carboxylic acids is 2. The molecule has 0 radical (unpaired) electrons. The van der Waals surface area contributed by atoms with Gasteiger partial charge in [0.2, 0.25) is 0 Å². The fourth-order valence-corrected chi connectivity index (χ4v) is 4.17. The third kappa shape index (κ3) is 4.99. The number of nitriles is 1. The molecule has 3 amide bonds. The number of nitrogens with one attached hydrogen (secondary N) is 2. The topological polar surface area (TPSA) is 123 Å². The number of amides is 3. The number of hydrogen-bond donors (Lipinski definition) is 3. The van der Waals surface area contributed by atoms with Gasteiger partial charge in [-0.25, -0.2) is 9.59 Å². The molecule has 0 spiro atoms. The Hall–Kier alpha value is -4.64. The molecule has 3 aromatic carbocycles. The summed E-state index contributed by atoms with van der Waals surface area (Å²) < 4.78 is 0. The molecule has 1 aliphatic heterocycles. The van der Waals surface area contributed by atoms with Crippen molar-refractivity contribution in [1.29, 1.82) is 5.26 Å². The number of benzene rings is 3. The summed E-state index contributed by atoms with van der Waals surface area (Å²) in [4.78, 5) is 38.4. The maximum Gasteiger partial charge on any atom is 0.326 e. The molecule has 35 heavy (non-hydrogen) atoms.